The van der Waals surface area contributed by atoms with Crippen molar-refractivity contribution in [3.63, 3.8) is 0 Å². The molecule has 5 rings (SSSR count). The number of carbonyl (C=O) groups is 1. The summed E-state index contributed by atoms with van der Waals surface area (Å²) in [7, 11) is 0. The van der Waals surface area contributed by atoms with Crippen LogP contribution in [0.4, 0.5) is 10.1 Å². The molecule has 0 bridgehead atoms. The molecule has 2 aliphatic rings. The van der Waals surface area contributed by atoms with Crippen LogP contribution >= 0.6 is 0 Å². The molecule has 3 aromatic rings. The van der Waals surface area contributed by atoms with Gasteiger partial charge in [0.25, 0.3) is 0 Å². The SMILES string of the molecule is O=C1Nc2ccccc2C12CCNC2c1ccc(OCc2ccc(F)cc2)cc1. The molecule has 2 atom stereocenters. The maximum Gasteiger partial charge on any atom is 0.237 e. The number of fused-ring (bicyclic) bond motifs is 2. The fourth-order valence-electron chi connectivity index (χ4n) is 4.51. The summed E-state index contributed by atoms with van der Waals surface area (Å²) in [5, 5.41) is 6.58. The predicted octanol–water partition coefficient (Wildman–Crippen LogP) is 4.33. The fraction of sp³-hybridized carbons (Fsp3) is 0.208. The lowest BCUT2D eigenvalue weighted by Crippen LogP contribution is -2.39. The molecule has 2 N–H and O–H groups in total. The molecular weight excluding hydrogens is 367 g/mol. The molecule has 1 spiro atoms. The number of para-hydroxylation sites is 1. The molecule has 29 heavy (non-hydrogen) atoms. The fourth-order valence-corrected chi connectivity index (χ4v) is 4.51. The number of rotatable bonds is 4. The number of halogens is 1. The van der Waals surface area contributed by atoms with E-state index in [2.05, 4.69) is 10.6 Å². The van der Waals surface area contributed by atoms with Gasteiger partial charge in [0.15, 0.2) is 0 Å². The van der Waals surface area contributed by atoms with Crippen molar-refractivity contribution in [1.82, 2.24) is 5.32 Å². The minimum atomic E-state index is -0.576. The maximum absolute atomic E-state index is 13.0. The molecule has 0 aromatic heterocycles. The van der Waals surface area contributed by atoms with Gasteiger partial charge in [0, 0.05) is 5.69 Å². The van der Waals surface area contributed by atoms with Crippen molar-refractivity contribution < 1.29 is 13.9 Å². The van der Waals surface area contributed by atoms with Gasteiger partial charge in [-0.3, -0.25) is 4.79 Å². The highest BCUT2D eigenvalue weighted by molar-refractivity contribution is 6.07. The van der Waals surface area contributed by atoms with E-state index in [0.29, 0.717) is 6.61 Å². The van der Waals surface area contributed by atoms with Crippen molar-refractivity contribution in [3.8, 4) is 5.75 Å². The molecule has 146 valence electrons. The van der Waals surface area contributed by atoms with Gasteiger partial charge < -0.3 is 15.4 Å². The molecule has 2 heterocycles. The van der Waals surface area contributed by atoms with Crippen molar-refractivity contribution in [3.05, 3.63) is 95.3 Å². The average Bonchev–Trinajstić information content (AvgIpc) is 3.31. The van der Waals surface area contributed by atoms with E-state index in [9.17, 15) is 9.18 Å². The summed E-state index contributed by atoms with van der Waals surface area (Å²) in [6, 6.07) is 22.0. The Morgan fingerprint density at radius 2 is 1.76 bits per heavy atom. The summed E-state index contributed by atoms with van der Waals surface area (Å²) in [6.45, 7) is 1.16. The van der Waals surface area contributed by atoms with Crippen LogP contribution in [0.15, 0.2) is 72.8 Å². The molecule has 2 unspecified atom stereocenters. The minimum absolute atomic E-state index is 0.0605. The summed E-state index contributed by atoms with van der Waals surface area (Å²) < 4.78 is 18.8. The Labute approximate surface area is 168 Å². The number of hydrogen-bond acceptors (Lipinski definition) is 3. The van der Waals surface area contributed by atoms with E-state index in [1.807, 2.05) is 48.5 Å². The third-order valence-electron chi connectivity index (χ3n) is 5.95. The lowest BCUT2D eigenvalue weighted by atomic mass is 9.73. The van der Waals surface area contributed by atoms with E-state index >= 15 is 0 Å². The average molecular weight is 388 g/mol. The van der Waals surface area contributed by atoms with E-state index in [-0.39, 0.29) is 17.8 Å². The number of amides is 1. The summed E-state index contributed by atoms with van der Waals surface area (Å²) in [4.78, 5) is 13.0. The molecule has 2 aliphatic heterocycles. The highest BCUT2D eigenvalue weighted by Crippen LogP contribution is 2.50. The Bertz CT molecular complexity index is 1050. The Balaban J connectivity index is 1.37. The molecule has 0 radical (unpaired) electrons. The summed E-state index contributed by atoms with van der Waals surface area (Å²) in [6.07, 6.45) is 0.767. The lowest BCUT2D eigenvalue weighted by molar-refractivity contribution is -0.121. The second kappa shape index (κ2) is 7.01. The van der Waals surface area contributed by atoms with Crippen LogP contribution in [0.25, 0.3) is 0 Å². The van der Waals surface area contributed by atoms with Crippen molar-refractivity contribution in [2.24, 2.45) is 0 Å². The zero-order chi connectivity index (χ0) is 19.8. The first-order valence-corrected chi connectivity index (χ1v) is 9.78. The lowest BCUT2D eigenvalue weighted by Gasteiger charge is -2.29. The topological polar surface area (TPSA) is 50.4 Å². The van der Waals surface area contributed by atoms with Gasteiger partial charge in [-0.25, -0.2) is 4.39 Å². The first-order valence-electron chi connectivity index (χ1n) is 9.78. The van der Waals surface area contributed by atoms with Crippen LogP contribution in [0, 0.1) is 5.82 Å². The van der Waals surface area contributed by atoms with Crippen LogP contribution in [0.2, 0.25) is 0 Å². The monoisotopic (exact) mass is 388 g/mol. The maximum atomic E-state index is 13.0. The van der Waals surface area contributed by atoms with E-state index in [4.69, 9.17) is 4.74 Å². The van der Waals surface area contributed by atoms with Crippen molar-refractivity contribution in [2.45, 2.75) is 24.5 Å². The largest absolute Gasteiger partial charge is 0.489 e. The molecule has 5 heteroatoms. The van der Waals surface area contributed by atoms with E-state index in [1.165, 1.54) is 12.1 Å². The molecule has 4 nitrogen and oxygen atoms in total. The first-order chi connectivity index (χ1) is 14.2. The zero-order valence-corrected chi connectivity index (χ0v) is 15.8. The summed E-state index contributed by atoms with van der Waals surface area (Å²) >= 11 is 0. The van der Waals surface area contributed by atoms with Crippen LogP contribution in [0.3, 0.4) is 0 Å². The highest BCUT2D eigenvalue weighted by Gasteiger charge is 2.55. The van der Waals surface area contributed by atoms with Gasteiger partial charge in [-0.1, -0.05) is 42.5 Å². The van der Waals surface area contributed by atoms with Gasteiger partial charge in [-0.2, -0.15) is 0 Å². The quantitative estimate of drug-likeness (QED) is 0.700. The van der Waals surface area contributed by atoms with Crippen LogP contribution < -0.4 is 15.4 Å². The Morgan fingerprint density at radius 1 is 1.00 bits per heavy atom. The van der Waals surface area contributed by atoms with E-state index in [0.717, 1.165) is 41.1 Å². The molecule has 1 saturated heterocycles. The second-order valence-electron chi connectivity index (χ2n) is 7.59. The molecule has 3 aromatic carbocycles. The van der Waals surface area contributed by atoms with Gasteiger partial charge in [-0.15, -0.1) is 0 Å². The third kappa shape index (κ3) is 2.98. The number of anilines is 1. The van der Waals surface area contributed by atoms with Gasteiger partial charge in [0.2, 0.25) is 5.91 Å². The van der Waals surface area contributed by atoms with Crippen molar-refractivity contribution in [2.75, 3.05) is 11.9 Å². The van der Waals surface area contributed by atoms with Crippen LogP contribution in [-0.4, -0.2) is 12.5 Å². The number of benzene rings is 3. The van der Waals surface area contributed by atoms with E-state index in [1.54, 1.807) is 12.1 Å². The van der Waals surface area contributed by atoms with Gasteiger partial charge in [0.1, 0.15) is 18.2 Å². The molecule has 1 fully saturated rings. The highest BCUT2D eigenvalue weighted by atomic mass is 19.1. The number of ether oxygens (including phenoxy) is 1. The minimum Gasteiger partial charge on any atom is -0.489 e. The molecule has 0 saturated carbocycles. The molecule has 0 aliphatic carbocycles. The Hall–Kier alpha value is -3.18. The van der Waals surface area contributed by atoms with Crippen molar-refractivity contribution >= 4 is 11.6 Å². The second-order valence-corrected chi connectivity index (χ2v) is 7.59. The smallest absolute Gasteiger partial charge is 0.237 e. The van der Waals surface area contributed by atoms with Gasteiger partial charge >= 0.3 is 0 Å². The first kappa shape index (κ1) is 17.9. The van der Waals surface area contributed by atoms with Gasteiger partial charge in [-0.05, 0) is 60.0 Å². The van der Waals surface area contributed by atoms with Crippen molar-refractivity contribution in [1.29, 1.82) is 0 Å². The standard InChI is InChI=1S/C24H21FN2O2/c25-18-9-5-16(6-10-18)15-29-19-11-7-17(8-12-19)22-24(13-14-26-22)20-3-1-2-4-21(20)27-23(24)28/h1-12,22,26H,13-15H2,(H,27,28). The number of hydrogen-bond donors (Lipinski definition) is 2. The van der Waals surface area contributed by atoms with Crippen LogP contribution in [0.1, 0.15) is 29.2 Å². The third-order valence-corrected chi connectivity index (χ3v) is 5.95. The summed E-state index contributed by atoms with van der Waals surface area (Å²) in [5.74, 6) is 0.542. The van der Waals surface area contributed by atoms with Crippen LogP contribution in [-0.2, 0) is 16.8 Å². The molecule has 1 amide bonds. The van der Waals surface area contributed by atoms with Crippen LogP contribution in [0.5, 0.6) is 5.75 Å². The molecular formula is C24H21FN2O2. The Morgan fingerprint density at radius 3 is 2.55 bits per heavy atom. The summed E-state index contributed by atoms with van der Waals surface area (Å²) in [5.41, 5.74) is 3.37. The number of nitrogens with one attached hydrogen (secondary N) is 2. The van der Waals surface area contributed by atoms with E-state index < -0.39 is 5.41 Å². The zero-order valence-electron chi connectivity index (χ0n) is 15.8. The van der Waals surface area contributed by atoms with Gasteiger partial charge in [0.05, 0.1) is 11.5 Å². The normalized spacial score (nSPS) is 22.5. The Kier molecular flexibility index (Phi) is 4.32. The number of carbonyl (C=O) groups excluding carboxylic acids is 1. The predicted molar refractivity (Wildman–Crippen MR) is 109 cm³/mol.